The molecule has 9 nitrogen and oxygen atoms in total. The Labute approximate surface area is 161 Å². The van der Waals surface area contributed by atoms with Crippen LogP contribution in [0.25, 0.3) is 0 Å². The largest absolute Gasteiger partial charge is 0.469 e. The van der Waals surface area contributed by atoms with Crippen molar-refractivity contribution >= 4 is 15.8 Å². The van der Waals surface area contributed by atoms with Crippen molar-refractivity contribution in [1.82, 2.24) is 9.97 Å². The molecular weight excluding hydrogens is 388 g/mol. The zero-order valence-corrected chi connectivity index (χ0v) is 15.7. The van der Waals surface area contributed by atoms with Crippen molar-refractivity contribution in [3.05, 3.63) is 48.2 Å². The molecule has 3 heterocycles. The topological polar surface area (TPSA) is 114 Å². The summed E-state index contributed by atoms with van der Waals surface area (Å²) in [5.41, 5.74) is 0.450. The Hall–Kier alpha value is -2.56. The first-order valence-electron chi connectivity index (χ1n) is 8.61. The Balaban J connectivity index is 1.41. The summed E-state index contributed by atoms with van der Waals surface area (Å²) in [5.74, 6) is -0.339. The number of sulfone groups is 1. The molecule has 10 heteroatoms. The predicted molar refractivity (Wildman–Crippen MR) is 94.7 cm³/mol. The number of hydrogen-bond donors (Lipinski definition) is 0. The Morgan fingerprint density at radius 1 is 1.07 bits per heavy atom. The highest BCUT2D eigenvalue weighted by molar-refractivity contribution is 7.90. The smallest absolute Gasteiger partial charge is 0.338 e. The van der Waals surface area contributed by atoms with Crippen molar-refractivity contribution in [1.29, 1.82) is 0 Å². The molecule has 1 aromatic carbocycles. The van der Waals surface area contributed by atoms with Crippen molar-refractivity contribution in [3.8, 4) is 5.88 Å². The number of rotatable bonds is 5. The third-order valence-electron chi connectivity index (χ3n) is 4.44. The molecule has 0 aliphatic carbocycles. The van der Waals surface area contributed by atoms with Gasteiger partial charge >= 0.3 is 5.97 Å². The second kappa shape index (κ2) is 7.46. The van der Waals surface area contributed by atoms with Gasteiger partial charge in [-0.15, -0.1) is 0 Å². The van der Waals surface area contributed by atoms with Gasteiger partial charge in [0.2, 0.25) is 20.9 Å². The lowest BCUT2D eigenvalue weighted by Gasteiger charge is -2.17. The fourth-order valence-electron chi connectivity index (χ4n) is 3.14. The number of esters is 1. The number of carbonyl (C=O) groups excluding carboxylic acids is 1. The lowest BCUT2D eigenvalue weighted by atomic mass is 10.1. The molecule has 2 aliphatic heterocycles. The maximum Gasteiger partial charge on any atom is 0.338 e. The summed E-state index contributed by atoms with van der Waals surface area (Å²) < 4.78 is 45.9. The molecule has 28 heavy (non-hydrogen) atoms. The quantitative estimate of drug-likeness (QED) is 0.521. The van der Waals surface area contributed by atoms with E-state index in [0.29, 0.717) is 5.56 Å². The van der Waals surface area contributed by atoms with Crippen LogP contribution in [0.15, 0.2) is 47.8 Å². The molecule has 0 radical (unpaired) electrons. The second-order valence-corrected chi connectivity index (χ2v) is 8.42. The Bertz CT molecular complexity index is 967. The van der Waals surface area contributed by atoms with E-state index in [2.05, 4.69) is 9.97 Å². The lowest BCUT2D eigenvalue weighted by Crippen LogP contribution is -2.36. The normalized spacial score (nSPS) is 26.6. The predicted octanol–water partition coefficient (Wildman–Crippen LogP) is 0.651. The number of carbonyl (C=O) groups is 1. The number of ether oxygens (including phenoxy) is 4. The average Bonchev–Trinajstić information content (AvgIpc) is 3.26. The van der Waals surface area contributed by atoms with Gasteiger partial charge in [-0.1, -0.05) is 18.2 Å². The fourth-order valence-corrected chi connectivity index (χ4v) is 3.64. The molecular formula is C18H18N2O7S. The van der Waals surface area contributed by atoms with Gasteiger partial charge in [0.1, 0.15) is 12.2 Å². The highest BCUT2D eigenvalue weighted by atomic mass is 32.2. The first-order valence-corrected chi connectivity index (χ1v) is 10.5. The van der Waals surface area contributed by atoms with Crippen molar-refractivity contribution in [2.24, 2.45) is 0 Å². The van der Waals surface area contributed by atoms with Crippen LogP contribution >= 0.6 is 0 Å². The van der Waals surface area contributed by atoms with E-state index in [1.165, 1.54) is 12.3 Å². The minimum absolute atomic E-state index is 0.109. The molecule has 0 bridgehead atoms. The minimum Gasteiger partial charge on any atom is -0.469 e. The number of aromatic nitrogens is 2. The van der Waals surface area contributed by atoms with E-state index in [9.17, 15) is 13.2 Å². The van der Waals surface area contributed by atoms with Gasteiger partial charge in [0.25, 0.3) is 0 Å². The third kappa shape index (κ3) is 3.84. The molecule has 2 aliphatic rings. The molecule has 4 atom stereocenters. The molecule has 0 spiro atoms. The summed E-state index contributed by atoms with van der Waals surface area (Å²) in [6.45, 7) is 0.388. The number of hydrogen-bond acceptors (Lipinski definition) is 9. The van der Waals surface area contributed by atoms with E-state index in [0.717, 1.165) is 6.26 Å². The molecule has 2 saturated heterocycles. The van der Waals surface area contributed by atoms with Gasteiger partial charge < -0.3 is 18.9 Å². The maximum absolute atomic E-state index is 12.3. The molecule has 0 N–H and O–H groups in total. The maximum atomic E-state index is 12.3. The Kier molecular flexibility index (Phi) is 5.00. The van der Waals surface area contributed by atoms with Crippen LogP contribution in [0.3, 0.4) is 0 Å². The summed E-state index contributed by atoms with van der Waals surface area (Å²) >= 11 is 0. The molecule has 4 rings (SSSR count). The van der Waals surface area contributed by atoms with Crippen molar-refractivity contribution in [2.45, 2.75) is 29.6 Å². The van der Waals surface area contributed by atoms with E-state index in [4.69, 9.17) is 18.9 Å². The van der Waals surface area contributed by atoms with Gasteiger partial charge in [-0.25, -0.2) is 18.2 Å². The van der Waals surface area contributed by atoms with Gasteiger partial charge in [-0.3, -0.25) is 0 Å². The van der Waals surface area contributed by atoms with E-state index < -0.39 is 40.2 Å². The van der Waals surface area contributed by atoms with E-state index >= 15 is 0 Å². The molecule has 2 aromatic rings. The molecule has 0 saturated carbocycles. The number of fused-ring (bicyclic) bond motifs is 1. The summed E-state index contributed by atoms with van der Waals surface area (Å²) in [4.78, 5) is 19.9. The Morgan fingerprint density at radius 2 is 1.75 bits per heavy atom. The molecule has 1 aromatic heterocycles. The molecule has 0 amide bonds. The first-order chi connectivity index (χ1) is 13.4. The highest BCUT2D eigenvalue weighted by Gasteiger charge is 2.51. The number of benzene rings is 1. The Morgan fingerprint density at radius 3 is 2.46 bits per heavy atom. The van der Waals surface area contributed by atoms with Gasteiger partial charge in [-0.2, -0.15) is 4.98 Å². The molecule has 148 valence electrons. The van der Waals surface area contributed by atoms with Crippen LogP contribution in [-0.2, 0) is 24.0 Å². The second-order valence-electron chi connectivity index (χ2n) is 6.51. The van der Waals surface area contributed by atoms with Crippen molar-refractivity contribution < 1.29 is 32.2 Å². The molecule has 2 fully saturated rings. The van der Waals surface area contributed by atoms with Crippen molar-refractivity contribution in [3.63, 3.8) is 0 Å². The molecule has 1 unspecified atom stereocenters. The number of nitrogens with zero attached hydrogens (tertiary/aromatic N) is 2. The van der Waals surface area contributed by atoms with E-state index in [1.54, 1.807) is 24.3 Å². The van der Waals surface area contributed by atoms with Crippen LogP contribution in [0.4, 0.5) is 0 Å². The fraction of sp³-hybridized carbons (Fsp3) is 0.389. The summed E-state index contributed by atoms with van der Waals surface area (Å²) in [5, 5.41) is -0.317. The van der Waals surface area contributed by atoms with Gasteiger partial charge in [0.05, 0.1) is 18.8 Å². The van der Waals surface area contributed by atoms with Crippen LogP contribution in [0.5, 0.6) is 5.88 Å². The lowest BCUT2D eigenvalue weighted by molar-refractivity contribution is -0.0192. The monoisotopic (exact) mass is 406 g/mol. The standard InChI is InChI=1S/C18H18N2O7S/c1-28(22,23)18-19-8-7-14(20-18)26-12-9-24-16-13(10-25-15(12)16)27-17(21)11-5-3-2-4-6-11/h2-8,12-13,15-16H,9-10H2,1H3/t12?,13-,15+,16+/m0/s1. The van der Waals surface area contributed by atoms with Gasteiger partial charge in [-0.05, 0) is 12.1 Å². The van der Waals surface area contributed by atoms with E-state index in [-0.39, 0.29) is 24.3 Å². The van der Waals surface area contributed by atoms with Crippen LogP contribution in [0.2, 0.25) is 0 Å². The van der Waals surface area contributed by atoms with Gasteiger partial charge in [0, 0.05) is 18.5 Å². The highest BCUT2D eigenvalue weighted by Crippen LogP contribution is 2.31. The van der Waals surface area contributed by atoms with Crippen LogP contribution in [0.1, 0.15) is 10.4 Å². The first kappa shape index (κ1) is 18.8. The SMILES string of the molecule is CS(=O)(=O)c1nccc(OC2CO[C@@H]3[C@@H](OC(=O)c4ccccc4)CO[C@H]23)n1. The summed E-state index contributed by atoms with van der Waals surface area (Å²) in [7, 11) is -3.55. The third-order valence-corrected chi connectivity index (χ3v) is 5.30. The zero-order chi connectivity index (χ0) is 19.7. The van der Waals surface area contributed by atoms with Crippen molar-refractivity contribution in [2.75, 3.05) is 19.5 Å². The summed E-state index contributed by atoms with van der Waals surface area (Å²) in [6.07, 6.45) is 0.355. The minimum atomic E-state index is -3.55. The summed E-state index contributed by atoms with van der Waals surface area (Å²) in [6, 6.07) is 10.1. The van der Waals surface area contributed by atoms with Crippen LogP contribution in [-0.4, -0.2) is 68.2 Å². The van der Waals surface area contributed by atoms with E-state index in [1.807, 2.05) is 6.07 Å². The van der Waals surface area contributed by atoms with Crippen LogP contribution in [0, 0.1) is 0 Å². The van der Waals surface area contributed by atoms with Crippen LogP contribution < -0.4 is 4.74 Å². The zero-order valence-electron chi connectivity index (χ0n) is 14.9. The van der Waals surface area contributed by atoms with Gasteiger partial charge in [0.15, 0.2) is 12.2 Å². The average molecular weight is 406 g/mol.